The molecule has 0 saturated carbocycles. The van der Waals surface area contributed by atoms with Crippen molar-refractivity contribution in [2.45, 2.75) is 45.8 Å². The third-order valence-electron chi connectivity index (χ3n) is 3.80. The van der Waals surface area contributed by atoms with Gasteiger partial charge in [-0.1, -0.05) is 6.07 Å². The zero-order valence-corrected chi connectivity index (χ0v) is 18.4. The van der Waals surface area contributed by atoms with Crippen molar-refractivity contribution in [2.24, 2.45) is 4.99 Å². The molecule has 0 aliphatic rings. The molecule has 154 valence electrons. The fraction of sp³-hybridized carbons (Fsp3) is 0.650. The van der Waals surface area contributed by atoms with Crippen LogP contribution < -0.4 is 20.1 Å². The molecule has 7 heteroatoms. The molecule has 1 atom stereocenters. The minimum atomic E-state index is -0.871. The summed E-state index contributed by atoms with van der Waals surface area (Å²) in [6.45, 7) is 12.5. The number of rotatable bonds is 10. The van der Waals surface area contributed by atoms with E-state index in [1.165, 1.54) is 5.56 Å². The molecule has 2 N–H and O–H groups in total. The molecule has 1 aromatic carbocycles. The Balaban J connectivity index is 2.48. The highest BCUT2D eigenvalue weighted by molar-refractivity contribution is 7.86. The van der Waals surface area contributed by atoms with Crippen LogP contribution in [0.2, 0.25) is 0 Å². The van der Waals surface area contributed by atoms with Crippen molar-refractivity contribution in [1.29, 1.82) is 0 Å². The van der Waals surface area contributed by atoms with Gasteiger partial charge in [-0.25, -0.2) is 0 Å². The van der Waals surface area contributed by atoms with Crippen LogP contribution in [-0.2, 0) is 17.2 Å². The number of nitrogens with one attached hydrogen (secondary N) is 2. The van der Waals surface area contributed by atoms with Crippen LogP contribution in [0.15, 0.2) is 23.2 Å². The summed E-state index contributed by atoms with van der Waals surface area (Å²) in [6, 6.07) is 6.04. The first-order valence-corrected chi connectivity index (χ1v) is 10.8. The first kappa shape index (κ1) is 23.3. The predicted octanol–water partition coefficient (Wildman–Crippen LogP) is 2.74. The van der Waals surface area contributed by atoms with Crippen molar-refractivity contribution in [3.63, 3.8) is 0 Å². The summed E-state index contributed by atoms with van der Waals surface area (Å²) >= 11 is 0. The van der Waals surface area contributed by atoms with Gasteiger partial charge in [0.2, 0.25) is 0 Å². The molecular formula is C20H35N3O3S. The molecule has 0 aromatic heterocycles. The van der Waals surface area contributed by atoms with Gasteiger partial charge in [0, 0.05) is 41.4 Å². The second-order valence-electron chi connectivity index (χ2n) is 6.98. The highest BCUT2D eigenvalue weighted by atomic mass is 32.2. The van der Waals surface area contributed by atoms with E-state index >= 15 is 0 Å². The third kappa shape index (κ3) is 8.65. The molecule has 1 aromatic rings. The Bertz CT molecular complexity index is 627. The van der Waals surface area contributed by atoms with Crippen molar-refractivity contribution in [1.82, 2.24) is 10.6 Å². The van der Waals surface area contributed by atoms with Crippen molar-refractivity contribution in [3.05, 3.63) is 23.8 Å². The molecule has 0 heterocycles. The normalized spacial score (nSPS) is 13.2. The molecule has 0 aliphatic heterocycles. The number of guanidine groups is 1. The molecular weight excluding hydrogens is 362 g/mol. The van der Waals surface area contributed by atoms with E-state index in [2.05, 4.69) is 21.7 Å². The average molecular weight is 398 g/mol. The quantitative estimate of drug-likeness (QED) is 0.469. The molecule has 0 amide bonds. The number of nitrogens with zero attached hydrogens (tertiary/aromatic N) is 1. The van der Waals surface area contributed by atoms with Gasteiger partial charge < -0.3 is 20.1 Å². The number of hydrogen-bond donors (Lipinski definition) is 2. The monoisotopic (exact) mass is 397 g/mol. The van der Waals surface area contributed by atoms with Crippen LogP contribution in [0.1, 0.15) is 40.2 Å². The Kier molecular flexibility index (Phi) is 10.2. The minimum Gasteiger partial charge on any atom is -0.490 e. The van der Waals surface area contributed by atoms with Gasteiger partial charge in [0.05, 0.1) is 13.2 Å². The number of benzene rings is 1. The third-order valence-corrected chi connectivity index (χ3v) is 5.74. The topological polar surface area (TPSA) is 72.0 Å². The maximum atomic E-state index is 12.1. The maximum Gasteiger partial charge on any atom is 0.191 e. The van der Waals surface area contributed by atoms with Crippen LogP contribution in [0.3, 0.4) is 0 Å². The van der Waals surface area contributed by atoms with Crippen molar-refractivity contribution < 1.29 is 13.7 Å². The van der Waals surface area contributed by atoms with E-state index in [4.69, 9.17) is 9.47 Å². The summed E-state index contributed by atoms with van der Waals surface area (Å²) < 4.78 is 23.2. The lowest BCUT2D eigenvalue weighted by Gasteiger charge is -2.18. The summed E-state index contributed by atoms with van der Waals surface area (Å²) in [7, 11) is 0.865. The van der Waals surface area contributed by atoms with Crippen LogP contribution in [0.4, 0.5) is 0 Å². The van der Waals surface area contributed by atoms with E-state index in [1.807, 2.05) is 46.8 Å². The van der Waals surface area contributed by atoms with Crippen molar-refractivity contribution >= 4 is 16.8 Å². The van der Waals surface area contributed by atoms with Gasteiger partial charge in [0.15, 0.2) is 17.5 Å². The Labute approximate surface area is 166 Å². The Morgan fingerprint density at radius 3 is 2.30 bits per heavy atom. The van der Waals surface area contributed by atoms with Crippen LogP contribution in [0.5, 0.6) is 11.5 Å². The zero-order valence-electron chi connectivity index (χ0n) is 17.6. The molecule has 0 spiro atoms. The van der Waals surface area contributed by atoms with E-state index in [0.29, 0.717) is 25.5 Å². The molecule has 0 saturated heterocycles. The predicted molar refractivity (Wildman–Crippen MR) is 115 cm³/mol. The summed E-state index contributed by atoms with van der Waals surface area (Å²) in [5.41, 5.74) is 1.17. The largest absolute Gasteiger partial charge is 0.490 e. The van der Waals surface area contributed by atoms with Crippen LogP contribution in [-0.4, -0.2) is 54.0 Å². The van der Waals surface area contributed by atoms with Gasteiger partial charge in [-0.15, -0.1) is 0 Å². The lowest BCUT2D eigenvalue weighted by molar-refractivity contribution is 0.287. The van der Waals surface area contributed by atoms with E-state index in [1.54, 1.807) is 7.05 Å². The van der Waals surface area contributed by atoms with Crippen LogP contribution in [0.25, 0.3) is 0 Å². The number of aliphatic imine (C=N–C) groups is 1. The highest BCUT2D eigenvalue weighted by Gasteiger charge is 2.18. The van der Waals surface area contributed by atoms with Gasteiger partial charge in [-0.2, -0.15) is 0 Å². The zero-order chi connectivity index (χ0) is 20.3. The smallest absolute Gasteiger partial charge is 0.191 e. The van der Waals surface area contributed by atoms with Crippen molar-refractivity contribution in [3.8, 4) is 11.5 Å². The molecule has 0 fully saturated rings. The van der Waals surface area contributed by atoms with Gasteiger partial charge >= 0.3 is 0 Å². The minimum absolute atomic E-state index is 0.190. The summed E-state index contributed by atoms with van der Waals surface area (Å²) in [4.78, 5) is 4.21. The second kappa shape index (κ2) is 11.8. The fourth-order valence-corrected chi connectivity index (χ4v) is 3.27. The molecule has 0 radical (unpaired) electrons. The number of hydrogen-bond acceptors (Lipinski definition) is 4. The molecule has 6 nitrogen and oxygen atoms in total. The molecule has 0 bridgehead atoms. The summed E-state index contributed by atoms with van der Waals surface area (Å²) in [5, 5.41) is 6.51. The standard InChI is InChI=1S/C20H35N3O3S/c1-7-25-17-10-9-16(15-18(17)26-8-2)11-12-22-19(21-6)23-13-14-27(24)20(3,4)5/h9-10,15H,7-8,11-14H2,1-6H3,(H2,21,22,23). The fourth-order valence-electron chi connectivity index (χ4n) is 2.37. The SMILES string of the molecule is CCOc1ccc(CCNC(=NC)NCCS(=O)C(C)(C)C)cc1OCC. The van der Waals surface area contributed by atoms with E-state index in [-0.39, 0.29) is 4.75 Å². The summed E-state index contributed by atoms with van der Waals surface area (Å²) in [5.74, 6) is 2.88. The number of ether oxygens (including phenoxy) is 2. The van der Waals surface area contributed by atoms with Gasteiger partial charge in [-0.05, 0) is 58.7 Å². The molecule has 1 rings (SSSR count). The summed E-state index contributed by atoms with van der Waals surface area (Å²) in [6.07, 6.45) is 0.834. The van der Waals surface area contributed by atoms with Gasteiger partial charge in [0.1, 0.15) is 0 Å². The molecule has 1 unspecified atom stereocenters. The molecule has 27 heavy (non-hydrogen) atoms. The average Bonchev–Trinajstić information content (AvgIpc) is 2.61. The molecule has 0 aliphatic carbocycles. The first-order valence-electron chi connectivity index (χ1n) is 9.53. The lowest BCUT2D eigenvalue weighted by Crippen LogP contribution is -2.41. The van der Waals surface area contributed by atoms with Gasteiger partial charge in [0.25, 0.3) is 0 Å². The van der Waals surface area contributed by atoms with Gasteiger partial charge in [-0.3, -0.25) is 9.20 Å². The van der Waals surface area contributed by atoms with Crippen molar-refractivity contribution in [2.75, 3.05) is 39.1 Å². The Morgan fingerprint density at radius 1 is 1.07 bits per heavy atom. The van der Waals surface area contributed by atoms with Crippen LogP contribution in [0, 0.1) is 0 Å². The maximum absolute atomic E-state index is 12.1. The van der Waals surface area contributed by atoms with Crippen LogP contribution >= 0.6 is 0 Å². The highest BCUT2D eigenvalue weighted by Crippen LogP contribution is 2.28. The second-order valence-corrected chi connectivity index (χ2v) is 9.31. The van der Waals surface area contributed by atoms with E-state index in [0.717, 1.165) is 30.4 Å². The first-order chi connectivity index (χ1) is 12.8. The van der Waals surface area contributed by atoms with E-state index < -0.39 is 10.8 Å². The Morgan fingerprint density at radius 2 is 1.70 bits per heavy atom. The van der Waals surface area contributed by atoms with E-state index in [9.17, 15) is 4.21 Å². The lowest BCUT2D eigenvalue weighted by atomic mass is 10.1. The Hall–Kier alpha value is -1.76.